The molecule has 0 atom stereocenters. The van der Waals surface area contributed by atoms with Gasteiger partial charge in [-0.15, -0.1) is 0 Å². The van der Waals surface area contributed by atoms with E-state index in [1.54, 1.807) is 38.5 Å². The van der Waals surface area contributed by atoms with Crippen LogP contribution in [0.2, 0.25) is 0 Å². The van der Waals surface area contributed by atoms with Crippen LogP contribution in [0.15, 0.2) is 108 Å². The molecule has 170 valence electrons. The highest BCUT2D eigenvalue weighted by atomic mass is 16.5. The maximum atomic E-state index is 8.70. The molecule has 1 aromatic heterocycles. The van der Waals surface area contributed by atoms with Crippen molar-refractivity contribution in [2.45, 2.75) is 0 Å². The zero-order valence-electron chi connectivity index (χ0n) is 19.0. The van der Waals surface area contributed by atoms with Crippen LogP contribution < -0.4 is 14.9 Å². The molecule has 5 rings (SSSR count). The lowest BCUT2D eigenvalue weighted by molar-refractivity contribution is 0.414. The van der Waals surface area contributed by atoms with Crippen molar-refractivity contribution in [2.24, 2.45) is 0 Å². The predicted molar refractivity (Wildman–Crippen MR) is 136 cm³/mol. The number of fused-ring (bicyclic) bond motifs is 1. The fourth-order valence-corrected chi connectivity index (χ4v) is 3.60. The molecule has 34 heavy (non-hydrogen) atoms. The molecular formula is C28H25BO5. The average Bonchev–Trinajstić information content (AvgIpc) is 3.33. The molecule has 0 fully saturated rings. The van der Waals surface area contributed by atoms with Crippen LogP contribution in [0.3, 0.4) is 0 Å². The van der Waals surface area contributed by atoms with Gasteiger partial charge < -0.3 is 23.9 Å². The van der Waals surface area contributed by atoms with Gasteiger partial charge in [0.2, 0.25) is 0 Å². The molecule has 0 radical (unpaired) electrons. The standard InChI is InChI=1S/C21H16O2.C7H9BO3/c1-22-18-12-10-16(11-13-18)15-6-8-17(9-7-15)20-14-23-21-5-3-2-4-19(20)21;1-11-7-4-2-6(3-5-7)8(9)10/h2-14H,1H3;2-5,9-10H,1H3. The summed E-state index contributed by atoms with van der Waals surface area (Å²) in [7, 11) is 1.84. The number of ether oxygens (including phenoxy) is 2. The minimum absolute atomic E-state index is 0.464. The quantitative estimate of drug-likeness (QED) is 0.361. The van der Waals surface area contributed by atoms with Crippen molar-refractivity contribution in [3.05, 3.63) is 103 Å². The molecule has 0 aliphatic heterocycles. The van der Waals surface area contributed by atoms with E-state index >= 15 is 0 Å². The van der Waals surface area contributed by atoms with Crippen molar-refractivity contribution in [2.75, 3.05) is 14.2 Å². The number of hydrogen-bond acceptors (Lipinski definition) is 5. The van der Waals surface area contributed by atoms with E-state index in [2.05, 4.69) is 42.5 Å². The zero-order valence-corrected chi connectivity index (χ0v) is 19.0. The van der Waals surface area contributed by atoms with E-state index in [0.717, 1.165) is 27.8 Å². The second-order valence-corrected chi connectivity index (χ2v) is 7.60. The minimum Gasteiger partial charge on any atom is -0.497 e. The highest BCUT2D eigenvalue weighted by Crippen LogP contribution is 2.32. The summed E-state index contributed by atoms with van der Waals surface area (Å²) in [6.07, 6.45) is 1.83. The fourth-order valence-electron chi connectivity index (χ4n) is 3.60. The Morgan fingerprint density at radius 3 is 1.68 bits per heavy atom. The lowest BCUT2D eigenvalue weighted by atomic mass is 9.80. The van der Waals surface area contributed by atoms with E-state index < -0.39 is 7.12 Å². The van der Waals surface area contributed by atoms with Crippen LogP contribution in [0, 0.1) is 0 Å². The van der Waals surface area contributed by atoms with Gasteiger partial charge in [-0.25, -0.2) is 0 Å². The topological polar surface area (TPSA) is 72.1 Å². The van der Waals surface area contributed by atoms with E-state index in [1.807, 2.05) is 36.6 Å². The van der Waals surface area contributed by atoms with E-state index in [-0.39, 0.29) is 0 Å². The van der Waals surface area contributed by atoms with E-state index in [1.165, 1.54) is 11.1 Å². The first kappa shape index (κ1) is 23.2. The Kier molecular flexibility index (Phi) is 7.33. The molecule has 0 bridgehead atoms. The molecular weight excluding hydrogens is 427 g/mol. The van der Waals surface area contributed by atoms with Gasteiger partial charge in [-0.05, 0) is 52.5 Å². The molecule has 0 amide bonds. The maximum absolute atomic E-state index is 8.70. The Morgan fingerprint density at radius 1 is 0.618 bits per heavy atom. The molecule has 0 aliphatic carbocycles. The zero-order chi connectivity index (χ0) is 23.9. The van der Waals surface area contributed by atoms with Crippen LogP contribution in [-0.4, -0.2) is 31.4 Å². The first-order valence-corrected chi connectivity index (χ1v) is 10.8. The second-order valence-electron chi connectivity index (χ2n) is 7.60. The molecule has 4 aromatic carbocycles. The van der Waals surface area contributed by atoms with Gasteiger partial charge in [0.1, 0.15) is 17.1 Å². The second kappa shape index (κ2) is 10.7. The molecule has 6 heteroatoms. The van der Waals surface area contributed by atoms with Gasteiger partial charge in [0.05, 0.1) is 20.5 Å². The summed E-state index contributed by atoms with van der Waals surface area (Å²) in [5, 5.41) is 18.5. The third kappa shape index (κ3) is 5.31. The van der Waals surface area contributed by atoms with Crippen LogP contribution in [0.4, 0.5) is 0 Å². The molecule has 5 aromatic rings. The molecule has 0 spiro atoms. The summed E-state index contributed by atoms with van der Waals surface area (Å²) in [5.74, 6) is 1.57. The van der Waals surface area contributed by atoms with Crippen molar-refractivity contribution in [1.82, 2.24) is 0 Å². The van der Waals surface area contributed by atoms with Gasteiger partial charge in [0, 0.05) is 10.9 Å². The van der Waals surface area contributed by atoms with E-state index in [0.29, 0.717) is 11.2 Å². The number of para-hydroxylation sites is 1. The van der Waals surface area contributed by atoms with Gasteiger partial charge in [-0.2, -0.15) is 0 Å². The summed E-state index contributed by atoms with van der Waals surface area (Å²) < 4.78 is 15.7. The number of rotatable bonds is 5. The van der Waals surface area contributed by atoms with Crippen molar-refractivity contribution in [3.63, 3.8) is 0 Å². The maximum Gasteiger partial charge on any atom is 0.488 e. The van der Waals surface area contributed by atoms with Crippen LogP contribution in [0.25, 0.3) is 33.2 Å². The number of hydrogen-bond donors (Lipinski definition) is 2. The first-order valence-electron chi connectivity index (χ1n) is 10.8. The number of furan rings is 1. The molecule has 0 saturated heterocycles. The molecule has 0 unspecified atom stereocenters. The number of methoxy groups -OCH3 is 2. The van der Waals surface area contributed by atoms with E-state index in [4.69, 9.17) is 23.9 Å². The van der Waals surface area contributed by atoms with Gasteiger partial charge in [-0.3, -0.25) is 0 Å². The fraction of sp³-hybridized carbons (Fsp3) is 0.0714. The average molecular weight is 452 g/mol. The van der Waals surface area contributed by atoms with E-state index in [9.17, 15) is 0 Å². The van der Waals surface area contributed by atoms with Crippen LogP contribution >= 0.6 is 0 Å². The lowest BCUT2D eigenvalue weighted by Crippen LogP contribution is -2.29. The third-order valence-corrected chi connectivity index (χ3v) is 5.51. The largest absolute Gasteiger partial charge is 0.497 e. The Bertz CT molecular complexity index is 1320. The van der Waals surface area contributed by atoms with Crippen molar-refractivity contribution in [3.8, 4) is 33.8 Å². The normalized spacial score (nSPS) is 10.4. The number of benzene rings is 4. The summed E-state index contributed by atoms with van der Waals surface area (Å²) in [6.45, 7) is 0. The molecule has 5 nitrogen and oxygen atoms in total. The third-order valence-electron chi connectivity index (χ3n) is 5.51. The van der Waals surface area contributed by atoms with Crippen molar-refractivity contribution >= 4 is 23.6 Å². The summed E-state index contributed by atoms with van der Waals surface area (Å²) in [6, 6.07) is 31.3. The highest BCUT2D eigenvalue weighted by Gasteiger charge is 2.09. The SMILES string of the molecule is COc1ccc(-c2ccc(-c3coc4ccccc34)cc2)cc1.COc1ccc(B(O)O)cc1. The predicted octanol–water partition coefficient (Wildman–Crippen LogP) is 5.15. The highest BCUT2D eigenvalue weighted by molar-refractivity contribution is 6.58. The Labute approximate surface area is 199 Å². The van der Waals surface area contributed by atoms with Gasteiger partial charge >= 0.3 is 7.12 Å². The summed E-state index contributed by atoms with van der Waals surface area (Å²) in [4.78, 5) is 0. The van der Waals surface area contributed by atoms with Gasteiger partial charge in [-0.1, -0.05) is 66.7 Å². The van der Waals surface area contributed by atoms with Crippen LogP contribution in [-0.2, 0) is 0 Å². The molecule has 1 heterocycles. The molecule has 0 saturated carbocycles. The summed E-state index contributed by atoms with van der Waals surface area (Å²) >= 11 is 0. The monoisotopic (exact) mass is 452 g/mol. The van der Waals surface area contributed by atoms with Crippen molar-refractivity contribution < 1.29 is 23.9 Å². The van der Waals surface area contributed by atoms with Gasteiger partial charge in [0.25, 0.3) is 0 Å². The summed E-state index contributed by atoms with van der Waals surface area (Å²) in [5.41, 5.74) is 6.03. The van der Waals surface area contributed by atoms with Crippen LogP contribution in [0.1, 0.15) is 0 Å². The van der Waals surface area contributed by atoms with Crippen LogP contribution in [0.5, 0.6) is 11.5 Å². The Hall–Kier alpha value is -4.00. The Balaban J connectivity index is 0.000000210. The smallest absolute Gasteiger partial charge is 0.488 e. The van der Waals surface area contributed by atoms with Gasteiger partial charge in [0.15, 0.2) is 0 Å². The Morgan fingerprint density at radius 2 is 1.12 bits per heavy atom. The first-order chi connectivity index (χ1) is 16.6. The van der Waals surface area contributed by atoms with Crippen molar-refractivity contribution in [1.29, 1.82) is 0 Å². The lowest BCUT2D eigenvalue weighted by Gasteiger charge is -2.05. The molecule has 0 aliphatic rings. The molecule has 2 N–H and O–H groups in total. The minimum atomic E-state index is -1.40.